The van der Waals surface area contributed by atoms with Crippen molar-refractivity contribution in [1.82, 2.24) is 10.2 Å². The van der Waals surface area contributed by atoms with Crippen LogP contribution in [-0.2, 0) is 0 Å². The summed E-state index contributed by atoms with van der Waals surface area (Å²) in [7, 11) is 1.62. The molecule has 2 aromatic carbocycles. The summed E-state index contributed by atoms with van der Waals surface area (Å²) in [6.45, 7) is 5.17. The zero-order valence-corrected chi connectivity index (χ0v) is 21.2. The van der Waals surface area contributed by atoms with Gasteiger partial charge in [0, 0.05) is 44.0 Å². The van der Waals surface area contributed by atoms with Crippen LogP contribution in [0.25, 0.3) is 0 Å². The summed E-state index contributed by atoms with van der Waals surface area (Å²) < 4.78 is 5.21. The quantitative estimate of drug-likeness (QED) is 0.493. The molecule has 184 valence electrons. The lowest BCUT2D eigenvalue weighted by Crippen LogP contribution is -2.47. The van der Waals surface area contributed by atoms with Crippen molar-refractivity contribution in [3.8, 4) is 5.75 Å². The molecule has 1 aliphatic carbocycles. The average molecular weight is 505 g/mol. The first-order valence-electron chi connectivity index (χ1n) is 12.1. The maximum Gasteiger partial charge on any atom is 0.319 e. The first-order chi connectivity index (χ1) is 16.5. The van der Waals surface area contributed by atoms with E-state index in [1.165, 1.54) is 19.3 Å². The third-order valence-corrected chi connectivity index (χ3v) is 7.82. The molecule has 34 heavy (non-hydrogen) atoms. The Morgan fingerprint density at radius 2 is 1.76 bits per heavy atom. The second-order valence-electron chi connectivity index (χ2n) is 9.24. The lowest BCUT2D eigenvalue weighted by molar-refractivity contribution is 0.208. The van der Waals surface area contributed by atoms with Gasteiger partial charge in [0.25, 0.3) is 0 Å². The number of anilines is 2. The Hall–Kier alpha value is -2.15. The van der Waals surface area contributed by atoms with E-state index >= 15 is 0 Å². The molecule has 0 unspecified atom stereocenters. The van der Waals surface area contributed by atoms with Crippen molar-refractivity contribution >= 4 is 40.6 Å². The number of piperazine rings is 1. The number of nitrogens with zero attached hydrogens (tertiary/aromatic N) is 2. The van der Waals surface area contributed by atoms with Gasteiger partial charge >= 0.3 is 6.03 Å². The minimum absolute atomic E-state index is 0.144. The van der Waals surface area contributed by atoms with E-state index in [4.69, 9.17) is 27.9 Å². The highest BCUT2D eigenvalue weighted by atomic mass is 35.5. The predicted octanol–water partition coefficient (Wildman–Crippen LogP) is 5.89. The van der Waals surface area contributed by atoms with Gasteiger partial charge in [0.2, 0.25) is 0 Å². The van der Waals surface area contributed by atoms with Gasteiger partial charge in [-0.1, -0.05) is 35.3 Å². The summed E-state index contributed by atoms with van der Waals surface area (Å²) in [6, 6.07) is 13.4. The number of hydrogen-bond donors (Lipinski definition) is 2. The van der Waals surface area contributed by atoms with Crippen LogP contribution in [0.1, 0.15) is 32.1 Å². The third kappa shape index (κ3) is 6.71. The Morgan fingerprint density at radius 3 is 2.50 bits per heavy atom. The van der Waals surface area contributed by atoms with E-state index in [0.717, 1.165) is 68.6 Å². The highest BCUT2D eigenvalue weighted by Gasteiger charge is 2.24. The Bertz CT molecular complexity index is 958. The predicted molar refractivity (Wildman–Crippen MR) is 141 cm³/mol. The monoisotopic (exact) mass is 504 g/mol. The molecule has 2 aliphatic rings. The number of nitrogens with one attached hydrogen (secondary N) is 2. The van der Waals surface area contributed by atoms with Crippen molar-refractivity contribution in [3.63, 3.8) is 0 Å². The maximum atomic E-state index is 12.4. The summed E-state index contributed by atoms with van der Waals surface area (Å²) in [4.78, 5) is 17.3. The fourth-order valence-corrected chi connectivity index (χ4v) is 5.38. The standard InChI is InChI=1S/C26H34Cl2N4O2/c1-34-22-5-2-4-21(18-22)30-26(33)29-20-10-8-19(9-11-20)12-13-31-14-16-32(17-15-31)24-7-3-6-23(27)25(24)28/h2-7,18-20H,8-17H2,1H3,(H2,29,30,33)/t19-,20-. The number of ether oxygens (including phenoxy) is 1. The van der Waals surface area contributed by atoms with E-state index in [9.17, 15) is 4.79 Å². The summed E-state index contributed by atoms with van der Waals surface area (Å²) in [5.74, 6) is 1.47. The van der Waals surface area contributed by atoms with Crippen LogP contribution in [0.2, 0.25) is 10.0 Å². The van der Waals surface area contributed by atoms with Crippen LogP contribution >= 0.6 is 23.2 Å². The molecule has 1 aliphatic heterocycles. The smallest absolute Gasteiger partial charge is 0.319 e. The summed E-state index contributed by atoms with van der Waals surface area (Å²) in [5, 5.41) is 7.31. The number of rotatable bonds is 7. The lowest BCUT2D eigenvalue weighted by Gasteiger charge is -2.37. The van der Waals surface area contributed by atoms with Gasteiger partial charge in [0.15, 0.2) is 0 Å². The van der Waals surface area contributed by atoms with Gasteiger partial charge in [-0.05, 0) is 68.8 Å². The van der Waals surface area contributed by atoms with Crippen LogP contribution < -0.4 is 20.3 Å². The zero-order chi connectivity index (χ0) is 23.9. The van der Waals surface area contributed by atoms with Gasteiger partial charge in [-0.25, -0.2) is 4.79 Å². The lowest BCUT2D eigenvalue weighted by atomic mass is 9.84. The van der Waals surface area contributed by atoms with Crippen molar-refractivity contribution in [3.05, 3.63) is 52.5 Å². The van der Waals surface area contributed by atoms with Crippen LogP contribution in [-0.4, -0.2) is 56.8 Å². The normalized spacial score (nSPS) is 21.2. The molecule has 1 heterocycles. The van der Waals surface area contributed by atoms with Crippen LogP contribution in [0, 0.1) is 5.92 Å². The SMILES string of the molecule is COc1cccc(NC(=O)N[C@H]2CC[C@H](CCN3CCN(c4cccc(Cl)c4Cl)CC3)CC2)c1. The number of carbonyl (C=O) groups is 1. The minimum Gasteiger partial charge on any atom is -0.497 e. The molecule has 0 spiro atoms. The molecule has 8 heteroatoms. The molecule has 0 radical (unpaired) electrons. The number of halogens is 2. The average Bonchev–Trinajstić information content (AvgIpc) is 2.86. The number of benzene rings is 2. The van der Waals surface area contributed by atoms with E-state index in [-0.39, 0.29) is 12.1 Å². The Balaban J connectivity index is 1.13. The van der Waals surface area contributed by atoms with E-state index in [1.54, 1.807) is 7.11 Å². The van der Waals surface area contributed by atoms with Crippen molar-refractivity contribution in [2.75, 3.05) is 50.1 Å². The number of carbonyl (C=O) groups excluding carboxylic acids is 1. The Kier molecular flexibility index (Phi) is 8.81. The number of amides is 2. The maximum absolute atomic E-state index is 12.4. The fraction of sp³-hybridized carbons (Fsp3) is 0.500. The molecule has 2 N–H and O–H groups in total. The summed E-state index contributed by atoms with van der Waals surface area (Å²) in [5.41, 5.74) is 1.78. The van der Waals surface area contributed by atoms with Gasteiger partial charge in [-0.3, -0.25) is 4.90 Å². The van der Waals surface area contributed by atoms with Crippen molar-refractivity contribution in [2.45, 2.75) is 38.1 Å². The highest BCUT2D eigenvalue weighted by Crippen LogP contribution is 2.33. The topological polar surface area (TPSA) is 56.8 Å². The number of hydrogen-bond acceptors (Lipinski definition) is 4. The minimum atomic E-state index is -0.144. The molecule has 2 aromatic rings. The molecular formula is C26H34Cl2N4O2. The van der Waals surface area contributed by atoms with E-state index < -0.39 is 0 Å². The largest absolute Gasteiger partial charge is 0.497 e. The van der Waals surface area contributed by atoms with E-state index in [0.29, 0.717) is 10.0 Å². The molecule has 2 amide bonds. The van der Waals surface area contributed by atoms with Crippen molar-refractivity contribution < 1.29 is 9.53 Å². The van der Waals surface area contributed by atoms with Gasteiger partial charge in [0.1, 0.15) is 5.75 Å². The number of methoxy groups -OCH3 is 1. The van der Waals surface area contributed by atoms with Gasteiger partial charge in [-0.2, -0.15) is 0 Å². The Morgan fingerprint density at radius 1 is 1.03 bits per heavy atom. The fourth-order valence-electron chi connectivity index (χ4n) is 4.96. The molecule has 0 atom stereocenters. The first-order valence-corrected chi connectivity index (χ1v) is 12.9. The van der Waals surface area contributed by atoms with Crippen LogP contribution in [0.4, 0.5) is 16.2 Å². The van der Waals surface area contributed by atoms with Crippen molar-refractivity contribution in [1.29, 1.82) is 0 Å². The van der Waals surface area contributed by atoms with E-state index in [2.05, 4.69) is 20.4 Å². The van der Waals surface area contributed by atoms with Crippen LogP contribution in [0.15, 0.2) is 42.5 Å². The van der Waals surface area contributed by atoms with Crippen molar-refractivity contribution in [2.24, 2.45) is 5.92 Å². The second-order valence-corrected chi connectivity index (χ2v) is 10.0. The highest BCUT2D eigenvalue weighted by molar-refractivity contribution is 6.43. The first kappa shape index (κ1) is 25.0. The molecule has 4 rings (SSSR count). The molecule has 2 fully saturated rings. The van der Waals surface area contributed by atoms with Gasteiger partial charge in [-0.15, -0.1) is 0 Å². The second kappa shape index (κ2) is 12.0. The molecular weight excluding hydrogens is 471 g/mol. The zero-order valence-electron chi connectivity index (χ0n) is 19.7. The molecule has 6 nitrogen and oxygen atoms in total. The van der Waals surface area contributed by atoms with Crippen LogP contribution in [0.3, 0.4) is 0 Å². The van der Waals surface area contributed by atoms with Gasteiger partial charge < -0.3 is 20.3 Å². The molecule has 1 saturated carbocycles. The molecule has 1 saturated heterocycles. The van der Waals surface area contributed by atoms with Gasteiger partial charge in [0.05, 0.1) is 22.8 Å². The summed E-state index contributed by atoms with van der Waals surface area (Å²) >= 11 is 12.6. The third-order valence-electron chi connectivity index (χ3n) is 7.01. The van der Waals surface area contributed by atoms with Crippen LogP contribution in [0.5, 0.6) is 5.75 Å². The van der Waals surface area contributed by atoms with E-state index in [1.807, 2.05) is 42.5 Å². The summed E-state index contributed by atoms with van der Waals surface area (Å²) in [6.07, 6.45) is 5.64. The Labute approximate surface area is 212 Å². The molecule has 0 aromatic heterocycles. The molecule has 0 bridgehead atoms. The number of urea groups is 1.